The predicted molar refractivity (Wildman–Crippen MR) is 115 cm³/mol. The number of primary amides is 1. The maximum absolute atomic E-state index is 12.4. The molecule has 3 rings (SSSR count). The number of rotatable bonds is 7. The van der Waals surface area contributed by atoms with Crippen LogP contribution in [0.3, 0.4) is 0 Å². The molecule has 1 heterocycles. The number of amides is 2. The van der Waals surface area contributed by atoms with Crippen LogP contribution < -0.4 is 11.1 Å². The Bertz CT molecular complexity index is 1060. The summed E-state index contributed by atoms with van der Waals surface area (Å²) >= 11 is 1.34. The number of anilines is 1. The van der Waals surface area contributed by atoms with Gasteiger partial charge in [0.05, 0.1) is 5.75 Å². The highest BCUT2D eigenvalue weighted by atomic mass is 32.2. The molecule has 29 heavy (non-hydrogen) atoms. The van der Waals surface area contributed by atoms with Crippen LogP contribution in [0, 0.1) is 13.8 Å². The Labute approximate surface area is 173 Å². The third kappa shape index (κ3) is 4.65. The summed E-state index contributed by atoms with van der Waals surface area (Å²) in [6.07, 6.45) is 0. The quantitative estimate of drug-likeness (QED) is 0.582. The molecule has 0 aliphatic carbocycles. The lowest BCUT2D eigenvalue weighted by Gasteiger charge is -2.10. The van der Waals surface area contributed by atoms with E-state index in [0.29, 0.717) is 23.0 Å². The lowest BCUT2D eigenvalue weighted by molar-refractivity contribution is -0.113. The average Bonchev–Trinajstić information content (AvgIpc) is 3.09. The highest BCUT2D eigenvalue weighted by molar-refractivity contribution is 7.99. The van der Waals surface area contributed by atoms with Crippen LogP contribution in [-0.2, 0) is 11.3 Å². The Morgan fingerprint density at radius 2 is 1.86 bits per heavy atom. The van der Waals surface area contributed by atoms with Crippen molar-refractivity contribution in [2.45, 2.75) is 32.5 Å². The first kappa shape index (κ1) is 20.6. The zero-order valence-corrected chi connectivity index (χ0v) is 17.4. The average molecular weight is 410 g/mol. The van der Waals surface area contributed by atoms with Crippen molar-refractivity contribution in [3.05, 3.63) is 59.2 Å². The molecule has 0 spiro atoms. The van der Waals surface area contributed by atoms with E-state index in [1.54, 1.807) is 25.1 Å². The topological polar surface area (TPSA) is 103 Å². The molecule has 0 saturated heterocycles. The van der Waals surface area contributed by atoms with Crippen molar-refractivity contribution in [1.29, 1.82) is 0 Å². The maximum Gasteiger partial charge on any atom is 0.248 e. The summed E-state index contributed by atoms with van der Waals surface area (Å²) in [5.74, 6) is 0.345. The van der Waals surface area contributed by atoms with Crippen LogP contribution in [-0.4, -0.2) is 32.3 Å². The molecule has 0 unspecified atom stereocenters. The molecule has 7 nitrogen and oxygen atoms in total. The standard InChI is InChI=1S/C21H23N5O2S/c1-4-26-20(17-8-6-5-7-13(17)2)24-25-21(26)29-12-18(27)23-15-9-10-16(19(22)28)14(3)11-15/h5-11H,4,12H2,1-3H3,(H2,22,28)(H,23,27). The van der Waals surface area contributed by atoms with Gasteiger partial charge in [-0.1, -0.05) is 36.0 Å². The summed E-state index contributed by atoms with van der Waals surface area (Å²) in [6, 6.07) is 13.0. The molecule has 2 aromatic carbocycles. The van der Waals surface area contributed by atoms with Crippen LogP contribution in [0.5, 0.6) is 0 Å². The molecule has 0 bridgehead atoms. The van der Waals surface area contributed by atoms with Gasteiger partial charge in [-0.3, -0.25) is 9.59 Å². The summed E-state index contributed by atoms with van der Waals surface area (Å²) in [7, 11) is 0. The van der Waals surface area contributed by atoms with E-state index in [1.807, 2.05) is 42.7 Å². The molecule has 1 aromatic heterocycles. The van der Waals surface area contributed by atoms with Crippen LogP contribution in [0.1, 0.15) is 28.4 Å². The zero-order valence-electron chi connectivity index (χ0n) is 16.6. The van der Waals surface area contributed by atoms with E-state index in [1.165, 1.54) is 11.8 Å². The molecule has 8 heteroatoms. The third-order valence-electron chi connectivity index (χ3n) is 4.53. The number of hydrogen-bond donors (Lipinski definition) is 2. The third-order valence-corrected chi connectivity index (χ3v) is 5.49. The van der Waals surface area contributed by atoms with E-state index in [2.05, 4.69) is 15.5 Å². The molecule has 0 aliphatic heterocycles. The van der Waals surface area contributed by atoms with Gasteiger partial charge in [0.2, 0.25) is 11.8 Å². The molecule has 0 fully saturated rings. The van der Waals surface area contributed by atoms with Gasteiger partial charge in [0.15, 0.2) is 11.0 Å². The van der Waals surface area contributed by atoms with E-state index >= 15 is 0 Å². The van der Waals surface area contributed by atoms with Gasteiger partial charge in [-0.2, -0.15) is 0 Å². The normalized spacial score (nSPS) is 10.7. The van der Waals surface area contributed by atoms with Gasteiger partial charge in [-0.25, -0.2) is 0 Å². The second-order valence-corrected chi connectivity index (χ2v) is 7.54. The minimum atomic E-state index is -0.487. The largest absolute Gasteiger partial charge is 0.366 e. The second kappa shape index (κ2) is 8.91. The Kier molecular flexibility index (Phi) is 6.33. The van der Waals surface area contributed by atoms with Gasteiger partial charge in [0, 0.05) is 23.4 Å². The summed E-state index contributed by atoms with van der Waals surface area (Å²) in [5.41, 5.74) is 9.25. The minimum Gasteiger partial charge on any atom is -0.366 e. The lowest BCUT2D eigenvalue weighted by Crippen LogP contribution is -2.16. The number of benzene rings is 2. The highest BCUT2D eigenvalue weighted by Gasteiger charge is 2.16. The van der Waals surface area contributed by atoms with Crippen LogP contribution >= 0.6 is 11.8 Å². The van der Waals surface area contributed by atoms with Crippen LogP contribution in [0.15, 0.2) is 47.6 Å². The Hall–Kier alpha value is -3.13. The number of nitrogens with zero attached hydrogens (tertiary/aromatic N) is 3. The first-order valence-electron chi connectivity index (χ1n) is 9.23. The molecule has 150 valence electrons. The summed E-state index contributed by atoms with van der Waals surface area (Å²) < 4.78 is 2.01. The molecule has 3 aromatic rings. The van der Waals surface area contributed by atoms with E-state index in [0.717, 1.165) is 22.5 Å². The lowest BCUT2D eigenvalue weighted by atomic mass is 10.1. The van der Waals surface area contributed by atoms with Gasteiger partial charge in [-0.05, 0) is 50.1 Å². The molecule has 0 radical (unpaired) electrons. The zero-order chi connectivity index (χ0) is 21.0. The highest BCUT2D eigenvalue weighted by Crippen LogP contribution is 2.26. The number of aryl methyl sites for hydroxylation is 2. The number of hydrogen-bond acceptors (Lipinski definition) is 5. The monoisotopic (exact) mass is 409 g/mol. The van der Waals surface area contributed by atoms with Crippen molar-refractivity contribution in [1.82, 2.24) is 14.8 Å². The smallest absolute Gasteiger partial charge is 0.248 e. The van der Waals surface area contributed by atoms with Crippen molar-refractivity contribution in [2.24, 2.45) is 5.73 Å². The minimum absolute atomic E-state index is 0.163. The van der Waals surface area contributed by atoms with Gasteiger partial charge in [0.1, 0.15) is 0 Å². The van der Waals surface area contributed by atoms with E-state index < -0.39 is 5.91 Å². The van der Waals surface area contributed by atoms with Crippen LogP contribution in [0.2, 0.25) is 0 Å². The maximum atomic E-state index is 12.4. The van der Waals surface area contributed by atoms with Crippen molar-refractivity contribution in [3.63, 3.8) is 0 Å². The number of nitrogens with one attached hydrogen (secondary N) is 1. The Morgan fingerprint density at radius 3 is 2.52 bits per heavy atom. The molecule has 2 amide bonds. The Balaban J connectivity index is 1.69. The molecular formula is C21H23N5O2S. The number of carbonyl (C=O) groups is 2. The first-order valence-corrected chi connectivity index (χ1v) is 10.2. The molecule has 0 aliphatic rings. The fourth-order valence-corrected chi connectivity index (χ4v) is 3.85. The van der Waals surface area contributed by atoms with Crippen molar-refractivity contribution in [3.8, 4) is 11.4 Å². The fraction of sp³-hybridized carbons (Fsp3) is 0.238. The molecule has 0 atom stereocenters. The number of thioether (sulfide) groups is 1. The SMILES string of the molecule is CCn1c(SCC(=O)Nc2ccc(C(N)=O)c(C)c2)nnc1-c1ccccc1C. The van der Waals surface area contributed by atoms with E-state index in [-0.39, 0.29) is 11.7 Å². The van der Waals surface area contributed by atoms with Gasteiger partial charge in [0.25, 0.3) is 0 Å². The number of aromatic nitrogens is 3. The second-order valence-electron chi connectivity index (χ2n) is 6.60. The number of nitrogens with two attached hydrogens (primary N) is 1. The van der Waals surface area contributed by atoms with Crippen LogP contribution in [0.25, 0.3) is 11.4 Å². The summed E-state index contributed by atoms with van der Waals surface area (Å²) in [6.45, 7) is 6.55. The fourth-order valence-electron chi connectivity index (χ4n) is 3.05. The van der Waals surface area contributed by atoms with E-state index in [4.69, 9.17) is 5.73 Å². The number of carbonyl (C=O) groups excluding carboxylic acids is 2. The van der Waals surface area contributed by atoms with E-state index in [9.17, 15) is 9.59 Å². The predicted octanol–water partition coefficient (Wildman–Crippen LogP) is 3.41. The molecular weight excluding hydrogens is 386 g/mol. The molecule has 3 N–H and O–H groups in total. The van der Waals surface area contributed by atoms with Crippen molar-refractivity contribution < 1.29 is 9.59 Å². The van der Waals surface area contributed by atoms with Gasteiger partial charge in [-0.15, -0.1) is 10.2 Å². The first-order chi connectivity index (χ1) is 13.9. The van der Waals surface area contributed by atoms with Gasteiger partial charge < -0.3 is 15.6 Å². The van der Waals surface area contributed by atoms with Gasteiger partial charge >= 0.3 is 0 Å². The molecule has 0 saturated carbocycles. The van der Waals surface area contributed by atoms with Crippen LogP contribution in [0.4, 0.5) is 5.69 Å². The van der Waals surface area contributed by atoms with Crippen molar-refractivity contribution in [2.75, 3.05) is 11.1 Å². The summed E-state index contributed by atoms with van der Waals surface area (Å²) in [5, 5.41) is 12.1. The van der Waals surface area contributed by atoms with Crippen molar-refractivity contribution >= 4 is 29.3 Å². The Morgan fingerprint density at radius 1 is 1.10 bits per heavy atom. The summed E-state index contributed by atoms with van der Waals surface area (Å²) in [4.78, 5) is 23.7.